The van der Waals surface area contributed by atoms with Gasteiger partial charge in [-0.2, -0.15) is 0 Å². The van der Waals surface area contributed by atoms with Crippen molar-refractivity contribution in [2.75, 3.05) is 39.9 Å². The summed E-state index contributed by atoms with van der Waals surface area (Å²) >= 11 is 1.66. The summed E-state index contributed by atoms with van der Waals surface area (Å²) in [6.07, 6.45) is 3.17. The number of fused-ring (bicyclic) bond motifs is 3. The largest absolute Gasteiger partial charge is 0.493 e. The summed E-state index contributed by atoms with van der Waals surface area (Å²) in [4.78, 5) is 31.6. The highest BCUT2D eigenvalue weighted by atomic mass is 32.1. The zero-order chi connectivity index (χ0) is 27.5. The topological polar surface area (TPSA) is 64.0 Å². The van der Waals surface area contributed by atoms with Crippen LogP contribution in [-0.2, 0) is 17.8 Å². The second-order valence-corrected chi connectivity index (χ2v) is 11.3. The number of methoxy groups -OCH3 is 1. The minimum absolute atomic E-state index is 0.0140. The lowest BCUT2D eigenvalue weighted by Crippen LogP contribution is -2.37. The molecule has 0 radical (unpaired) electrons. The van der Waals surface area contributed by atoms with Crippen LogP contribution in [0.4, 0.5) is 0 Å². The molecule has 2 aliphatic rings. The first-order valence-electron chi connectivity index (χ1n) is 13.7. The number of benzene rings is 1. The maximum Gasteiger partial charge on any atom is 0.270 e. The van der Waals surface area contributed by atoms with Gasteiger partial charge in [0, 0.05) is 55.1 Å². The number of aryl methyl sites for hydroxylation is 1. The molecule has 0 aliphatic carbocycles. The molecular formula is C31H37N3O4S. The third-order valence-corrected chi connectivity index (χ3v) is 8.39. The van der Waals surface area contributed by atoms with Crippen molar-refractivity contribution >= 4 is 23.2 Å². The van der Waals surface area contributed by atoms with Gasteiger partial charge >= 0.3 is 0 Å². The molecule has 7 nitrogen and oxygen atoms in total. The summed E-state index contributed by atoms with van der Waals surface area (Å²) in [5.74, 6) is 1.49. The first-order valence-corrected chi connectivity index (χ1v) is 14.6. The Bertz CT molecular complexity index is 1370. The first-order chi connectivity index (χ1) is 18.9. The van der Waals surface area contributed by atoms with Crippen molar-refractivity contribution in [2.45, 2.75) is 46.1 Å². The Labute approximate surface area is 234 Å². The standard InChI is InChI=1S/C31H37N3O4S/c1-5-6-11-32-14-15-33(12-10-29(32)35)31(36)25-18-24(28-8-7-16-39-28)30-23-19-27(38-20-21(2)3)26(37-4)17-22(23)9-13-34(25)30/h7-8,16-19H,2,5-6,9-15,20H2,1,3-4H3. The number of carbonyl (C=O) groups is 2. The predicted molar refractivity (Wildman–Crippen MR) is 156 cm³/mol. The number of hydrogen-bond acceptors (Lipinski definition) is 5. The van der Waals surface area contributed by atoms with Crippen molar-refractivity contribution in [1.82, 2.24) is 14.4 Å². The van der Waals surface area contributed by atoms with E-state index >= 15 is 0 Å². The second kappa shape index (κ2) is 11.7. The molecule has 0 atom stereocenters. The predicted octanol–water partition coefficient (Wildman–Crippen LogP) is 5.88. The van der Waals surface area contributed by atoms with Gasteiger partial charge in [-0.05, 0) is 60.5 Å². The normalized spacial score (nSPS) is 15.0. The van der Waals surface area contributed by atoms with Crippen molar-refractivity contribution in [3.05, 3.63) is 59.1 Å². The van der Waals surface area contributed by atoms with Crippen LogP contribution in [-0.4, -0.2) is 66.1 Å². The van der Waals surface area contributed by atoms with Gasteiger partial charge in [0.15, 0.2) is 11.5 Å². The molecule has 0 saturated carbocycles. The Morgan fingerprint density at radius 2 is 1.92 bits per heavy atom. The lowest BCUT2D eigenvalue weighted by atomic mass is 9.95. The summed E-state index contributed by atoms with van der Waals surface area (Å²) in [6.45, 7) is 11.5. The smallest absolute Gasteiger partial charge is 0.270 e. The van der Waals surface area contributed by atoms with E-state index in [0.717, 1.165) is 53.1 Å². The number of ether oxygens (including phenoxy) is 2. The van der Waals surface area contributed by atoms with Gasteiger partial charge in [0.25, 0.3) is 5.91 Å². The van der Waals surface area contributed by atoms with E-state index < -0.39 is 0 Å². The van der Waals surface area contributed by atoms with Gasteiger partial charge in [-0.15, -0.1) is 11.3 Å². The number of rotatable bonds is 9. The first kappa shape index (κ1) is 27.1. The van der Waals surface area contributed by atoms with Crippen LogP contribution in [0.1, 0.15) is 49.2 Å². The SMILES string of the molecule is C=C(C)COc1cc2c(cc1OC)CCn1c(C(=O)N3CCC(=O)N(CCCC)CC3)cc(-c3cccs3)c1-2. The van der Waals surface area contributed by atoms with Crippen molar-refractivity contribution in [1.29, 1.82) is 0 Å². The van der Waals surface area contributed by atoms with Crippen molar-refractivity contribution < 1.29 is 19.1 Å². The lowest BCUT2D eigenvalue weighted by Gasteiger charge is -2.26. The van der Waals surface area contributed by atoms with Crippen LogP contribution in [0.3, 0.4) is 0 Å². The molecule has 206 valence electrons. The highest BCUT2D eigenvalue weighted by Gasteiger charge is 2.31. The summed E-state index contributed by atoms with van der Waals surface area (Å²) in [5.41, 5.74) is 5.89. The molecule has 1 saturated heterocycles. The molecule has 0 spiro atoms. The van der Waals surface area contributed by atoms with E-state index in [1.54, 1.807) is 18.4 Å². The van der Waals surface area contributed by atoms with Gasteiger partial charge in [-0.1, -0.05) is 26.0 Å². The van der Waals surface area contributed by atoms with Crippen LogP contribution in [0, 0.1) is 0 Å². The molecule has 8 heteroatoms. The number of unbranched alkanes of at least 4 members (excludes halogenated alkanes) is 1. The molecule has 2 amide bonds. The summed E-state index contributed by atoms with van der Waals surface area (Å²) in [7, 11) is 1.66. The second-order valence-electron chi connectivity index (χ2n) is 10.4. The Kier molecular flexibility index (Phi) is 8.12. The van der Waals surface area contributed by atoms with Crippen molar-refractivity contribution in [3.63, 3.8) is 0 Å². The van der Waals surface area contributed by atoms with Crippen LogP contribution < -0.4 is 9.47 Å². The van der Waals surface area contributed by atoms with Crippen molar-refractivity contribution in [3.8, 4) is 33.2 Å². The maximum absolute atomic E-state index is 14.0. The lowest BCUT2D eigenvalue weighted by molar-refractivity contribution is -0.130. The van der Waals surface area contributed by atoms with E-state index in [4.69, 9.17) is 9.47 Å². The number of aromatic nitrogens is 1. The molecule has 3 aromatic rings. The zero-order valence-corrected chi connectivity index (χ0v) is 23.9. The molecule has 0 N–H and O–H groups in total. The van der Waals surface area contributed by atoms with Crippen LogP contribution in [0.15, 0.2) is 47.9 Å². The monoisotopic (exact) mass is 547 g/mol. The molecular weight excluding hydrogens is 510 g/mol. The van der Waals surface area contributed by atoms with Crippen LogP contribution in [0.25, 0.3) is 21.7 Å². The zero-order valence-electron chi connectivity index (χ0n) is 23.1. The third-order valence-electron chi connectivity index (χ3n) is 7.48. The van der Waals surface area contributed by atoms with Gasteiger partial charge in [-0.3, -0.25) is 9.59 Å². The minimum Gasteiger partial charge on any atom is -0.493 e. The molecule has 2 aliphatic heterocycles. The minimum atomic E-state index is -0.0140. The van der Waals surface area contributed by atoms with E-state index in [2.05, 4.69) is 35.6 Å². The Hall–Kier alpha value is -3.52. The molecule has 1 fully saturated rings. The molecule has 0 unspecified atom stereocenters. The number of hydrogen-bond donors (Lipinski definition) is 0. The molecule has 0 bridgehead atoms. The van der Waals surface area contributed by atoms with Gasteiger partial charge in [0.05, 0.1) is 12.8 Å². The van der Waals surface area contributed by atoms with E-state index in [1.165, 1.54) is 5.56 Å². The third kappa shape index (κ3) is 5.48. The van der Waals surface area contributed by atoms with Crippen molar-refractivity contribution in [2.24, 2.45) is 0 Å². The highest BCUT2D eigenvalue weighted by molar-refractivity contribution is 7.13. The average molecular weight is 548 g/mol. The summed E-state index contributed by atoms with van der Waals surface area (Å²) < 4.78 is 13.9. The molecule has 4 heterocycles. The summed E-state index contributed by atoms with van der Waals surface area (Å²) in [5, 5.41) is 2.06. The number of carbonyl (C=O) groups excluding carboxylic acids is 2. The van der Waals surface area contributed by atoms with Gasteiger partial charge in [-0.25, -0.2) is 0 Å². The van der Waals surface area contributed by atoms with E-state index in [-0.39, 0.29) is 11.8 Å². The number of nitrogens with zero attached hydrogens (tertiary/aromatic N) is 3. The highest BCUT2D eigenvalue weighted by Crippen LogP contribution is 2.45. The Balaban J connectivity index is 1.54. The van der Waals surface area contributed by atoms with Crippen LogP contribution in [0.2, 0.25) is 0 Å². The van der Waals surface area contributed by atoms with Gasteiger partial charge in [0.1, 0.15) is 12.3 Å². The average Bonchev–Trinajstić information content (AvgIpc) is 3.56. The van der Waals surface area contributed by atoms with Crippen LogP contribution in [0.5, 0.6) is 11.5 Å². The van der Waals surface area contributed by atoms with Gasteiger partial charge in [0.2, 0.25) is 5.91 Å². The van der Waals surface area contributed by atoms with Crippen LogP contribution >= 0.6 is 11.3 Å². The molecule has 2 aromatic heterocycles. The fourth-order valence-electron chi connectivity index (χ4n) is 5.42. The molecule has 1 aromatic carbocycles. The quantitative estimate of drug-likeness (QED) is 0.314. The van der Waals surface area contributed by atoms with E-state index in [0.29, 0.717) is 56.4 Å². The summed E-state index contributed by atoms with van der Waals surface area (Å²) in [6, 6.07) is 10.3. The Morgan fingerprint density at radius 1 is 1.08 bits per heavy atom. The molecule has 5 rings (SSSR count). The van der Waals surface area contributed by atoms with E-state index in [9.17, 15) is 9.59 Å². The fraction of sp³-hybridized carbons (Fsp3) is 0.419. The number of amides is 2. The maximum atomic E-state index is 14.0. The number of thiophene rings is 1. The Morgan fingerprint density at radius 3 is 2.64 bits per heavy atom. The van der Waals surface area contributed by atoms with E-state index in [1.807, 2.05) is 34.9 Å². The van der Waals surface area contributed by atoms with Gasteiger partial charge < -0.3 is 23.8 Å². The fourth-order valence-corrected chi connectivity index (χ4v) is 6.16. The molecule has 39 heavy (non-hydrogen) atoms.